The Morgan fingerprint density at radius 3 is 2.81 bits per heavy atom. The molecule has 1 aromatic rings. The molecule has 0 aliphatic heterocycles. The highest BCUT2D eigenvalue weighted by Gasteiger charge is 2.31. The summed E-state index contributed by atoms with van der Waals surface area (Å²) in [7, 11) is 0. The number of rotatable bonds is 3. The lowest BCUT2D eigenvalue weighted by atomic mass is 10.3. The van der Waals surface area contributed by atoms with Crippen LogP contribution in [0, 0.1) is 0 Å². The molecule has 0 aromatic carbocycles. The first kappa shape index (κ1) is 11.0. The summed E-state index contributed by atoms with van der Waals surface area (Å²) in [5, 5.41) is 5.15. The fraction of sp³-hybridized carbons (Fsp3) is 0.556. The maximum atomic E-state index is 11.8. The number of alkyl halides is 3. The van der Waals surface area contributed by atoms with Crippen molar-refractivity contribution in [2.24, 2.45) is 0 Å². The first-order valence-electron chi connectivity index (χ1n) is 4.77. The minimum Gasteiger partial charge on any atom is -0.360 e. The number of aromatic nitrogens is 1. The number of nitrogens with zero attached hydrogens (tertiary/aromatic N) is 1. The fourth-order valence-corrected chi connectivity index (χ4v) is 1.23. The molecule has 88 valence electrons. The maximum Gasteiger partial charge on any atom is 0.405 e. The average molecular weight is 234 g/mol. The van der Waals surface area contributed by atoms with Crippen LogP contribution in [0.4, 0.5) is 13.2 Å². The summed E-state index contributed by atoms with van der Waals surface area (Å²) >= 11 is 0. The molecule has 1 heterocycles. The van der Waals surface area contributed by atoms with E-state index in [1.807, 2.05) is 0 Å². The third kappa shape index (κ3) is 2.74. The fourth-order valence-electron chi connectivity index (χ4n) is 1.23. The Balaban J connectivity index is 1.92. The summed E-state index contributed by atoms with van der Waals surface area (Å²) < 4.78 is 40.3. The highest BCUT2D eigenvalue weighted by atomic mass is 19.4. The van der Waals surface area contributed by atoms with Crippen LogP contribution < -0.4 is 5.32 Å². The molecule has 2 rings (SSSR count). The van der Waals surface area contributed by atoms with Gasteiger partial charge in [0.25, 0.3) is 5.91 Å². The second kappa shape index (κ2) is 3.80. The van der Waals surface area contributed by atoms with Gasteiger partial charge in [-0.25, -0.2) is 0 Å². The number of nitrogens with one attached hydrogen (secondary N) is 1. The Labute approximate surface area is 88.8 Å². The lowest BCUT2D eigenvalue weighted by Gasteiger charge is -2.05. The van der Waals surface area contributed by atoms with E-state index in [0.717, 1.165) is 12.8 Å². The molecule has 0 radical (unpaired) electrons. The molecule has 1 aromatic heterocycles. The van der Waals surface area contributed by atoms with Crippen molar-refractivity contribution in [1.82, 2.24) is 10.5 Å². The quantitative estimate of drug-likeness (QED) is 0.868. The first-order valence-corrected chi connectivity index (χ1v) is 4.77. The van der Waals surface area contributed by atoms with Gasteiger partial charge in [-0.05, 0) is 12.8 Å². The number of carbonyl (C=O) groups is 1. The molecule has 4 nitrogen and oxygen atoms in total. The predicted octanol–water partition coefficient (Wildman–Crippen LogP) is 1.84. The molecule has 16 heavy (non-hydrogen) atoms. The summed E-state index contributed by atoms with van der Waals surface area (Å²) in [4.78, 5) is 11.2. The summed E-state index contributed by atoms with van der Waals surface area (Å²) in [6.45, 7) is -1.36. The second-order valence-corrected chi connectivity index (χ2v) is 3.69. The zero-order valence-corrected chi connectivity index (χ0v) is 8.17. The smallest absolute Gasteiger partial charge is 0.360 e. The summed E-state index contributed by atoms with van der Waals surface area (Å²) in [5.74, 6) is -0.0261. The van der Waals surface area contributed by atoms with Gasteiger partial charge in [-0.15, -0.1) is 0 Å². The highest BCUT2D eigenvalue weighted by molar-refractivity contribution is 5.92. The number of amides is 1. The van der Waals surface area contributed by atoms with E-state index in [-0.39, 0.29) is 11.6 Å². The molecule has 0 bridgehead atoms. The normalized spacial score (nSPS) is 16.2. The van der Waals surface area contributed by atoms with Crippen LogP contribution in [0.5, 0.6) is 0 Å². The van der Waals surface area contributed by atoms with Gasteiger partial charge in [-0.1, -0.05) is 5.16 Å². The number of hydrogen-bond acceptors (Lipinski definition) is 3. The van der Waals surface area contributed by atoms with E-state index in [2.05, 4.69) is 5.16 Å². The minimum atomic E-state index is -4.42. The van der Waals surface area contributed by atoms with E-state index >= 15 is 0 Å². The summed E-state index contributed by atoms with van der Waals surface area (Å²) in [6.07, 6.45) is -2.48. The van der Waals surface area contributed by atoms with Crippen molar-refractivity contribution in [2.45, 2.75) is 24.9 Å². The van der Waals surface area contributed by atoms with Crippen molar-refractivity contribution in [3.8, 4) is 0 Å². The molecule has 1 aliphatic rings. The zero-order valence-electron chi connectivity index (χ0n) is 8.17. The Morgan fingerprint density at radius 1 is 1.56 bits per heavy atom. The van der Waals surface area contributed by atoms with Crippen molar-refractivity contribution in [1.29, 1.82) is 0 Å². The molecule has 7 heteroatoms. The topological polar surface area (TPSA) is 55.1 Å². The second-order valence-electron chi connectivity index (χ2n) is 3.69. The van der Waals surface area contributed by atoms with Crippen LogP contribution in [0.3, 0.4) is 0 Å². The molecule has 0 saturated heterocycles. The van der Waals surface area contributed by atoms with Gasteiger partial charge in [0.05, 0.1) is 0 Å². The van der Waals surface area contributed by atoms with Gasteiger partial charge in [0, 0.05) is 12.0 Å². The number of hydrogen-bond donors (Lipinski definition) is 1. The SMILES string of the molecule is O=C(NCC(F)(F)F)c1cc(C2CC2)on1. The predicted molar refractivity (Wildman–Crippen MR) is 46.9 cm³/mol. The Bertz CT molecular complexity index is 396. The van der Waals surface area contributed by atoms with Gasteiger partial charge in [0.15, 0.2) is 5.69 Å². The third-order valence-electron chi connectivity index (χ3n) is 2.19. The maximum absolute atomic E-state index is 11.8. The first-order chi connectivity index (χ1) is 7.46. The number of carbonyl (C=O) groups excluding carboxylic acids is 1. The van der Waals surface area contributed by atoms with E-state index in [1.165, 1.54) is 6.07 Å². The van der Waals surface area contributed by atoms with Crippen molar-refractivity contribution in [2.75, 3.05) is 6.54 Å². The Kier molecular flexibility index (Phi) is 2.61. The lowest BCUT2D eigenvalue weighted by molar-refractivity contribution is -0.123. The van der Waals surface area contributed by atoms with Crippen LogP contribution >= 0.6 is 0 Å². The van der Waals surface area contributed by atoms with Crippen molar-refractivity contribution in [3.05, 3.63) is 17.5 Å². The largest absolute Gasteiger partial charge is 0.405 e. The van der Waals surface area contributed by atoms with Crippen molar-refractivity contribution in [3.63, 3.8) is 0 Å². The summed E-state index contributed by atoms with van der Waals surface area (Å²) in [5.41, 5.74) is -0.105. The molecule has 1 fully saturated rings. The number of halogens is 3. The molecule has 0 unspecified atom stereocenters. The lowest BCUT2D eigenvalue weighted by Crippen LogP contribution is -2.33. The van der Waals surface area contributed by atoms with Crippen molar-refractivity contribution < 1.29 is 22.5 Å². The van der Waals surface area contributed by atoms with Gasteiger partial charge in [-0.2, -0.15) is 13.2 Å². The van der Waals surface area contributed by atoms with Crippen LogP contribution in [-0.4, -0.2) is 23.8 Å². The Morgan fingerprint density at radius 2 is 2.25 bits per heavy atom. The van der Waals surface area contributed by atoms with Gasteiger partial charge in [-0.3, -0.25) is 4.79 Å². The van der Waals surface area contributed by atoms with Crippen LogP contribution in [0.25, 0.3) is 0 Å². The monoisotopic (exact) mass is 234 g/mol. The van der Waals surface area contributed by atoms with E-state index < -0.39 is 18.6 Å². The Hall–Kier alpha value is -1.53. The van der Waals surface area contributed by atoms with E-state index in [0.29, 0.717) is 5.76 Å². The van der Waals surface area contributed by atoms with Crippen molar-refractivity contribution >= 4 is 5.91 Å². The van der Waals surface area contributed by atoms with E-state index in [1.54, 1.807) is 5.32 Å². The highest BCUT2D eigenvalue weighted by Crippen LogP contribution is 2.40. The van der Waals surface area contributed by atoms with Gasteiger partial charge < -0.3 is 9.84 Å². The van der Waals surface area contributed by atoms with Gasteiger partial charge in [0.2, 0.25) is 0 Å². The molecule has 0 atom stereocenters. The van der Waals surface area contributed by atoms with Crippen LogP contribution in [-0.2, 0) is 0 Å². The van der Waals surface area contributed by atoms with Crippen LogP contribution in [0.1, 0.15) is 35.0 Å². The minimum absolute atomic E-state index is 0.105. The van der Waals surface area contributed by atoms with Crippen LogP contribution in [0.2, 0.25) is 0 Å². The molecule has 1 aliphatic carbocycles. The van der Waals surface area contributed by atoms with Gasteiger partial charge >= 0.3 is 6.18 Å². The van der Waals surface area contributed by atoms with Gasteiger partial charge in [0.1, 0.15) is 12.3 Å². The zero-order chi connectivity index (χ0) is 11.8. The molecule has 0 spiro atoms. The average Bonchev–Trinajstić information content (AvgIpc) is 2.92. The van der Waals surface area contributed by atoms with E-state index in [9.17, 15) is 18.0 Å². The molecular formula is C9H9F3N2O2. The third-order valence-corrected chi connectivity index (χ3v) is 2.19. The molecular weight excluding hydrogens is 225 g/mol. The van der Waals surface area contributed by atoms with E-state index in [4.69, 9.17) is 4.52 Å². The molecule has 1 N–H and O–H groups in total. The van der Waals surface area contributed by atoms with Crippen LogP contribution in [0.15, 0.2) is 10.6 Å². The standard InChI is InChI=1S/C9H9F3N2O2/c10-9(11,12)4-13-8(15)6-3-7(16-14-6)5-1-2-5/h3,5H,1-2,4H2,(H,13,15). The molecule has 1 saturated carbocycles. The summed E-state index contributed by atoms with van der Waals surface area (Å²) in [6, 6.07) is 1.39. The molecule has 1 amide bonds.